The SMILES string of the molecule is CCCN=c1n(NC(C)=O)cc(-c2ccccc2)n1O. The van der Waals surface area contributed by atoms with Gasteiger partial charge in [0.05, 0.1) is 6.20 Å². The summed E-state index contributed by atoms with van der Waals surface area (Å²) < 4.78 is 2.42. The summed E-state index contributed by atoms with van der Waals surface area (Å²) in [7, 11) is 0. The molecule has 0 aliphatic heterocycles. The number of nitrogens with one attached hydrogen (secondary N) is 1. The Hall–Kier alpha value is -2.50. The first-order chi connectivity index (χ1) is 9.63. The molecule has 6 nitrogen and oxygen atoms in total. The molecular weight excluding hydrogens is 256 g/mol. The molecule has 6 heteroatoms. The molecule has 1 aromatic carbocycles. The number of carbonyl (C=O) groups is 1. The standard InChI is InChI=1S/C14H18N4O2/c1-3-9-15-14-17(16-11(2)19)10-13(18(14)20)12-7-5-4-6-8-12/h4-8,10,20H,3,9H2,1-2H3,(H,16,19). The minimum absolute atomic E-state index is 0.229. The zero-order valence-corrected chi connectivity index (χ0v) is 11.6. The average Bonchev–Trinajstić information content (AvgIpc) is 2.73. The minimum Gasteiger partial charge on any atom is -0.425 e. The van der Waals surface area contributed by atoms with Gasteiger partial charge in [-0.2, -0.15) is 0 Å². The third-order valence-electron chi connectivity index (χ3n) is 2.71. The van der Waals surface area contributed by atoms with Crippen LogP contribution in [0, 0.1) is 0 Å². The molecule has 20 heavy (non-hydrogen) atoms. The fraction of sp³-hybridized carbons (Fsp3) is 0.286. The van der Waals surface area contributed by atoms with E-state index in [-0.39, 0.29) is 5.91 Å². The molecule has 0 radical (unpaired) electrons. The van der Waals surface area contributed by atoms with Gasteiger partial charge in [0, 0.05) is 19.0 Å². The van der Waals surface area contributed by atoms with Crippen LogP contribution in [-0.4, -0.2) is 27.1 Å². The third kappa shape index (κ3) is 2.90. The molecule has 0 saturated heterocycles. The van der Waals surface area contributed by atoms with Crippen LogP contribution in [0.3, 0.4) is 0 Å². The lowest BCUT2D eigenvalue weighted by atomic mass is 10.2. The number of benzene rings is 1. The van der Waals surface area contributed by atoms with E-state index < -0.39 is 0 Å². The fourth-order valence-corrected chi connectivity index (χ4v) is 1.86. The molecule has 0 atom stereocenters. The van der Waals surface area contributed by atoms with E-state index in [2.05, 4.69) is 10.4 Å². The number of hydrogen-bond donors (Lipinski definition) is 2. The highest BCUT2D eigenvalue weighted by Crippen LogP contribution is 2.16. The second kappa shape index (κ2) is 6.10. The van der Waals surface area contributed by atoms with Gasteiger partial charge in [-0.15, -0.1) is 4.73 Å². The lowest BCUT2D eigenvalue weighted by Gasteiger charge is -2.01. The normalized spacial score (nSPS) is 11.6. The molecule has 0 unspecified atom stereocenters. The smallest absolute Gasteiger partial charge is 0.258 e. The molecule has 0 fully saturated rings. The van der Waals surface area contributed by atoms with Crippen LogP contribution in [0.5, 0.6) is 0 Å². The van der Waals surface area contributed by atoms with Crippen molar-refractivity contribution in [3.05, 3.63) is 42.1 Å². The van der Waals surface area contributed by atoms with Gasteiger partial charge in [0.2, 0.25) is 5.91 Å². The lowest BCUT2D eigenvalue weighted by Crippen LogP contribution is -2.33. The molecule has 1 aromatic heterocycles. The molecule has 1 heterocycles. The van der Waals surface area contributed by atoms with Crippen LogP contribution < -0.4 is 11.0 Å². The number of amides is 1. The molecule has 0 saturated carbocycles. The van der Waals surface area contributed by atoms with Crippen LogP contribution in [-0.2, 0) is 4.79 Å². The second-order valence-corrected chi connectivity index (χ2v) is 4.41. The molecule has 0 bridgehead atoms. The predicted octanol–water partition coefficient (Wildman–Crippen LogP) is 1.59. The monoisotopic (exact) mass is 274 g/mol. The van der Waals surface area contributed by atoms with E-state index in [0.717, 1.165) is 16.7 Å². The summed E-state index contributed by atoms with van der Waals surface area (Å²) in [6.45, 7) is 3.97. The van der Waals surface area contributed by atoms with E-state index in [4.69, 9.17) is 0 Å². The molecule has 2 rings (SSSR count). The van der Waals surface area contributed by atoms with Crippen molar-refractivity contribution in [3.8, 4) is 11.3 Å². The van der Waals surface area contributed by atoms with Gasteiger partial charge >= 0.3 is 0 Å². The lowest BCUT2D eigenvalue weighted by molar-refractivity contribution is -0.115. The van der Waals surface area contributed by atoms with Crippen molar-refractivity contribution in [3.63, 3.8) is 0 Å². The fourth-order valence-electron chi connectivity index (χ4n) is 1.86. The Labute approximate surface area is 116 Å². The predicted molar refractivity (Wildman–Crippen MR) is 75.8 cm³/mol. The summed E-state index contributed by atoms with van der Waals surface area (Å²) >= 11 is 0. The van der Waals surface area contributed by atoms with E-state index in [0.29, 0.717) is 17.9 Å². The van der Waals surface area contributed by atoms with Gasteiger partial charge in [-0.3, -0.25) is 10.2 Å². The Kier molecular flexibility index (Phi) is 4.24. The van der Waals surface area contributed by atoms with Crippen LogP contribution in [0.1, 0.15) is 20.3 Å². The summed E-state index contributed by atoms with van der Waals surface area (Å²) in [6, 6.07) is 9.42. The van der Waals surface area contributed by atoms with Crippen LogP contribution >= 0.6 is 0 Å². The van der Waals surface area contributed by atoms with Gasteiger partial charge in [-0.1, -0.05) is 37.3 Å². The van der Waals surface area contributed by atoms with Crippen molar-refractivity contribution in [2.45, 2.75) is 20.3 Å². The Balaban J connectivity index is 2.55. The van der Waals surface area contributed by atoms with Gasteiger partial charge in [0.1, 0.15) is 5.69 Å². The van der Waals surface area contributed by atoms with Crippen LogP contribution in [0.25, 0.3) is 11.3 Å². The van der Waals surface area contributed by atoms with Crippen LogP contribution in [0.15, 0.2) is 41.5 Å². The zero-order valence-electron chi connectivity index (χ0n) is 11.6. The van der Waals surface area contributed by atoms with Gasteiger partial charge < -0.3 is 5.21 Å². The first-order valence-electron chi connectivity index (χ1n) is 6.50. The second-order valence-electron chi connectivity index (χ2n) is 4.41. The molecule has 1 amide bonds. The van der Waals surface area contributed by atoms with E-state index in [1.165, 1.54) is 11.6 Å². The minimum atomic E-state index is -0.229. The quantitative estimate of drug-likeness (QED) is 0.831. The molecule has 0 aliphatic carbocycles. The van der Waals surface area contributed by atoms with Gasteiger partial charge in [0.15, 0.2) is 0 Å². The molecule has 0 aliphatic rings. The largest absolute Gasteiger partial charge is 0.425 e. The summed E-state index contributed by atoms with van der Waals surface area (Å²) in [6.07, 6.45) is 2.50. The summed E-state index contributed by atoms with van der Waals surface area (Å²) in [5, 5.41) is 10.3. The van der Waals surface area contributed by atoms with Crippen molar-refractivity contribution >= 4 is 5.91 Å². The number of imidazole rings is 1. The van der Waals surface area contributed by atoms with Crippen LogP contribution in [0.2, 0.25) is 0 Å². The third-order valence-corrected chi connectivity index (χ3v) is 2.71. The Bertz CT molecular complexity index is 656. The maximum atomic E-state index is 11.2. The molecule has 106 valence electrons. The van der Waals surface area contributed by atoms with E-state index in [1.54, 1.807) is 6.20 Å². The molecule has 2 aromatic rings. The Morgan fingerprint density at radius 3 is 2.65 bits per heavy atom. The van der Waals surface area contributed by atoms with Crippen LogP contribution in [0.4, 0.5) is 0 Å². The van der Waals surface area contributed by atoms with Crippen molar-refractivity contribution in [2.24, 2.45) is 4.99 Å². The summed E-state index contributed by atoms with van der Waals surface area (Å²) in [5.74, 6) is -0.229. The highest BCUT2D eigenvalue weighted by molar-refractivity contribution is 5.81. The number of carbonyl (C=O) groups excluding carboxylic acids is 1. The first kappa shape index (κ1) is 13.9. The highest BCUT2D eigenvalue weighted by atomic mass is 16.5. The maximum Gasteiger partial charge on any atom is 0.258 e. The van der Waals surface area contributed by atoms with E-state index in [1.807, 2.05) is 37.3 Å². The molecular formula is C14H18N4O2. The van der Waals surface area contributed by atoms with Gasteiger partial charge in [-0.25, -0.2) is 9.67 Å². The zero-order chi connectivity index (χ0) is 14.5. The van der Waals surface area contributed by atoms with Crippen molar-refractivity contribution in [1.29, 1.82) is 0 Å². The van der Waals surface area contributed by atoms with Crippen molar-refractivity contribution in [1.82, 2.24) is 9.41 Å². The van der Waals surface area contributed by atoms with Crippen molar-refractivity contribution in [2.75, 3.05) is 12.0 Å². The Morgan fingerprint density at radius 2 is 2.05 bits per heavy atom. The summed E-state index contributed by atoms with van der Waals surface area (Å²) in [4.78, 5) is 15.5. The topological polar surface area (TPSA) is 71.5 Å². The molecule has 2 N–H and O–H groups in total. The van der Waals surface area contributed by atoms with Gasteiger partial charge in [-0.05, 0) is 6.42 Å². The van der Waals surface area contributed by atoms with E-state index in [9.17, 15) is 10.0 Å². The number of rotatable bonds is 4. The first-order valence-corrected chi connectivity index (χ1v) is 6.50. The number of nitrogens with zero attached hydrogens (tertiary/aromatic N) is 3. The van der Waals surface area contributed by atoms with Crippen molar-refractivity contribution < 1.29 is 10.0 Å². The number of hydrogen-bond acceptors (Lipinski definition) is 3. The maximum absolute atomic E-state index is 11.2. The summed E-state index contributed by atoms with van der Waals surface area (Å²) in [5.41, 5.74) is 4.31. The Morgan fingerprint density at radius 1 is 1.35 bits per heavy atom. The average molecular weight is 274 g/mol. The van der Waals surface area contributed by atoms with Gasteiger partial charge in [0.25, 0.3) is 5.62 Å². The van der Waals surface area contributed by atoms with E-state index >= 15 is 0 Å². The number of aromatic nitrogens is 2. The highest BCUT2D eigenvalue weighted by Gasteiger charge is 2.11. The molecule has 0 spiro atoms.